The Morgan fingerprint density at radius 1 is 1.00 bits per heavy atom. The Balaban J connectivity index is 1.92. The van der Waals surface area contributed by atoms with E-state index in [-0.39, 0.29) is 0 Å². The van der Waals surface area contributed by atoms with Gasteiger partial charge in [0.15, 0.2) is 0 Å². The molecule has 4 rings (SSSR count). The van der Waals surface area contributed by atoms with E-state index in [0.29, 0.717) is 5.92 Å². The lowest BCUT2D eigenvalue weighted by Crippen LogP contribution is -2.12. The van der Waals surface area contributed by atoms with Crippen molar-refractivity contribution in [3.05, 3.63) is 76.0 Å². The third kappa shape index (κ3) is 2.01. The van der Waals surface area contributed by atoms with Crippen LogP contribution in [0.5, 0.6) is 5.75 Å². The van der Waals surface area contributed by atoms with Crippen molar-refractivity contribution in [2.24, 2.45) is 0 Å². The molecule has 0 radical (unpaired) electrons. The van der Waals surface area contributed by atoms with Crippen molar-refractivity contribution in [3.8, 4) is 5.75 Å². The zero-order chi connectivity index (χ0) is 14.2. The Hall–Kier alpha value is -2.26. The van der Waals surface area contributed by atoms with Gasteiger partial charge in [0.2, 0.25) is 0 Å². The van der Waals surface area contributed by atoms with E-state index in [2.05, 4.69) is 59.2 Å². The van der Waals surface area contributed by atoms with Crippen molar-refractivity contribution in [2.45, 2.75) is 5.92 Å². The van der Waals surface area contributed by atoms with Crippen LogP contribution in [0.1, 0.15) is 21.9 Å². The highest BCUT2D eigenvalue weighted by atomic mass is 32.1. The molecule has 1 aromatic heterocycles. The van der Waals surface area contributed by atoms with E-state index in [9.17, 15) is 0 Å². The summed E-state index contributed by atoms with van der Waals surface area (Å²) in [5, 5.41) is 5.67. The summed E-state index contributed by atoms with van der Waals surface area (Å²) in [6.45, 7) is 0. The number of fused-ring (bicyclic) bond motifs is 2. The molecular weight excluding hydrogens is 278 g/mol. The third-order valence-corrected chi connectivity index (χ3v) is 4.91. The molecule has 3 heteroatoms. The van der Waals surface area contributed by atoms with Crippen LogP contribution in [-0.4, -0.2) is 7.11 Å². The number of methoxy groups -OCH3 is 1. The first-order valence-corrected chi connectivity index (χ1v) is 7.82. The Kier molecular flexibility index (Phi) is 2.93. The molecule has 1 aliphatic heterocycles. The van der Waals surface area contributed by atoms with E-state index >= 15 is 0 Å². The lowest BCUT2D eigenvalue weighted by atomic mass is 9.86. The Morgan fingerprint density at radius 3 is 2.67 bits per heavy atom. The normalized spacial score (nSPS) is 15.8. The van der Waals surface area contributed by atoms with Crippen molar-refractivity contribution >= 4 is 22.7 Å². The molecule has 1 atom stereocenters. The molecule has 0 aliphatic carbocycles. The summed E-state index contributed by atoms with van der Waals surface area (Å²) < 4.78 is 5.35. The fraction of sp³-hybridized carbons (Fsp3) is 0.111. The van der Waals surface area contributed by atoms with Crippen LogP contribution < -0.4 is 10.1 Å². The SMILES string of the molecule is COc1ccc2c(c1)Nc1ccsc1C2c1ccccc1. The molecule has 3 aromatic rings. The molecule has 2 heterocycles. The largest absolute Gasteiger partial charge is 0.497 e. The molecule has 0 saturated carbocycles. The summed E-state index contributed by atoms with van der Waals surface area (Å²) in [5.41, 5.74) is 4.97. The van der Waals surface area contributed by atoms with Crippen molar-refractivity contribution in [3.63, 3.8) is 0 Å². The van der Waals surface area contributed by atoms with E-state index in [0.717, 1.165) is 11.4 Å². The monoisotopic (exact) mass is 293 g/mol. The van der Waals surface area contributed by atoms with Crippen LogP contribution >= 0.6 is 11.3 Å². The van der Waals surface area contributed by atoms with E-state index in [1.54, 1.807) is 7.11 Å². The van der Waals surface area contributed by atoms with Gasteiger partial charge >= 0.3 is 0 Å². The van der Waals surface area contributed by atoms with E-state index in [4.69, 9.17) is 4.74 Å². The van der Waals surface area contributed by atoms with Gasteiger partial charge in [0.05, 0.1) is 12.8 Å². The number of ether oxygens (including phenoxy) is 1. The number of rotatable bonds is 2. The van der Waals surface area contributed by atoms with E-state index < -0.39 is 0 Å². The number of nitrogens with one attached hydrogen (secondary N) is 1. The number of benzene rings is 2. The highest BCUT2D eigenvalue weighted by molar-refractivity contribution is 7.10. The lowest BCUT2D eigenvalue weighted by molar-refractivity contribution is 0.415. The van der Waals surface area contributed by atoms with Crippen LogP contribution in [-0.2, 0) is 0 Å². The Labute approximate surface area is 128 Å². The summed E-state index contributed by atoms with van der Waals surface area (Å²) >= 11 is 1.81. The first-order chi connectivity index (χ1) is 10.4. The van der Waals surface area contributed by atoms with Gasteiger partial charge < -0.3 is 10.1 Å². The average Bonchev–Trinajstić information content (AvgIpc) is 3.00. The highest BCUT2D eigenvalue weighted by Crippen LogP contribution is 2.47. The number of anilines is 2. The molecule has 21 heavy (non-hydrogen) atoms. The second-order valence-corrected chi connectivity index (χ2v) is 6.07. The highest BCUT2D eigenvalue weighted by Gasteiger charge is 2.28. The molecule has 1 N–H and O–H groups in total. The molecule has 1 unspecified atom stereocenters. The van der Waals surface area contributed by atoms with Crippen molar-refractivity contribution in [2.75, 3.05) is 12.4 Å². The van der Waals surface area contributed by atoms with Crippen LogP contribution in [0.25, 0.3) is 0 Å². The maximum Gasteiger partial charge on any atom is 0.120 e. The summed E-state index contributed by atoms with van der Waals surface area (Å²) in [7, 11) is 1.70. The molecule has 1 aliphatic rings. The van der Waals surface area contributed by atoms with Crippen molar-refractivity contribution in [1.82, 2.24) is 0 Å². The van der Waals surface area contributed by atoms with Gasteiger partial charge in [0, 0.05) is 22.5 Å². The van der Waals surface area contributed by atoms with Crippen LogP contribution in [0, 0.1) is 0 Å². The van der Waals surface area contributed by atoms with Gasteiger partial charge in [-0.05, 0) is 28.6 Å². The van der Waals surface area contributed by atoms with Gasteiger partial charge in [-0.1, -0.05) is 36.4 Å². The summed E-state index contributed by atoms with van der Waals surface area (Å²) in [4.78, 5) is 1.37. The lowest BCUT2D eigenvalue weighted by Gasteiger charge is -2.27. The standard InChI is InChI=1S/C18H15NOS/c1-20-13-7-8-14-16(11-13)19-15-9-10-21-18(15)17(14)12-5-3-2-4-6-12/h2-11,17,19H,1H3. The van der Waals surface area contributed by atoms with E-state index in [1.807, 2.05) is 17.4 Å². The fourth-order valence-electron chi connectivity index (χ4n) is 2.93. The number of hydrogen-bond acceptors (Lipinski definition) is 3. The molecule has 2 aromatic carbocycles. The Bertz CT molecular complexity index is 779. The van der Waals surface area contributed by atoms with Crippen LogP contribution in [0.3, 0.4) is 0 Å². The zero-order valence-electron chi connectivity index (χ0n) is 11.7. The second kappa shape index (κ2) is 4.93. The number of hydrogen-bond donors (Lipinski definition) is 1. The zero-order valence-corrected chi connectivity index (χ0v) is 12.5. The van der Waals surface area contributed by atoms with Gasteiger partial charge in [-0.3, -0.25) is 0 Å². The first-order valence-electron chi connectivity index (χ1n) is 6.94. The minimum atomic E-state index is 0.295. The molecule has 0 fully saturated rings. The van der Waals surface area contributed by atoms with E-state index in [1.165, 1.54) is 21.7 Å². The molecule has 2 nitrogen and oxygen atoms in total. The van der Waals surface area contributed by atoms with Gasteiger partial charge in [0.1, 0.15) is 5.75 Å². The smallest absolute Gasteiger partial charge is 0.120 e. The Morgan fingerprint density at radius 2 is 1.86 bits per heavy atom. The average molecular weight is 293 g/mol. The predicted octanol–water partition coefficient (Wildman–Crippen LogP) is 4.99. The number of thiophene rings is 1. The minimum Gasteiger partial charge on any atom is -0.497 e. The predicted molar refractivity (Wildman–Crippen MR) is 88.0 cm³/mol. The van der Waals surface area contributed by atoms with Crippen LogP contribution in [0.2, 0.25) is 0 Å². The fourth-order valence-corrected chi connectivity index (χ4v) is 3.93. The van der Waals surface area contributed by atoms with Crippen LogP contribution in [0.4, 0.5) is 11.4 Å². The quantitative estimate of drug-likeness (QED) is 0.562. The third-order valence-electron chi connectivity index (χ3n) is 3.93. The molecule has 0 bridgehead atoms. The maximum absolute atomic E-state index is 5.35. The maximum atomic E-state index is 5.35. The van der Waals surface area contributed by atoms with Gasteiger partial charge in [-0.2, -0.15) is 0 Å². The van der Waals surface area contributed by atoms with Gasteiger partial charge in [-0.25, -0.2) is 0 Å². The topological polar surface area (TPSA) is 21.3 Å². The summed E-state index contributed by atoms with van der Waals surface area (Å²) in [6, 6.07) is 19.1. The minimum absolute atomic E-state index is 0.295. The van der Waals surface area contributed by atoms with Gasteiger partial charge in [-0.15, -0.1) is 11.3 Å². The molecule has 0 spiro atoms. The first kappa shape index (κ1) is 12.5. The van der Waals surface area contributed by atoms with Crippen molar-refractivity contribution in [1.29, 1.82) is 0 Å². The molecule has 104 valence electrons. The molecule has 0 amide bonds. The molecule has 0 saturated heterocycles. The van der Waals surface area contributed by atoms with Gasteiger partial charge in [0.25, 0.3) is 0 Å². The summed E-state index contributed by atoms with van der Waals surface area (Å²) in [5.74, 6) is 1.18. The van der Waals surface area contributed by atoms with Crippen LogP contribution in [0.15, 0.2) is 60.0 Å². The molecular formula is C18H15NOS. The summed E-state index contributed by atoms with van der Waals surface area (Å²) in [6.07, 6.45) is 0. The van der Waals surface area contributed by atoms with Crippen molar-refractivity contribution < 1.29 is 4.74 Å². The second-order valence-electron chi connectivity index (χ2n) is 5.12.